The Morgan fingerprint density at radius 1 is 0.939 bits per heavy atom. The van der Waals surface area contributed by atoms with Gasteiger partial charge in [-0.2, -0.15) is 0 Å². The lowest BCUT2D eigenvalue weighted by Crippen LogP contribution is -2.50. The maximum Gasteiger partial charge on any atom is 0.260 e. The van der Waals surface area contributed by atoms with Crippen LogP contribution in [-0.2, 0) is 4.79 Å². The number of piperazine rings is 1. The molecule has 8 nitrogen and oxygen atoms in total. The van der Waals surface area contributed by atoms with Gasteiger partial charge in [0.1, 0.15) is 29.0 Å². The number of nitrogens with zero attached hydrogens (tertiary/aromatic N) is 4. The fourth-order valence-corrected chi connectivity index (χ4v) is 3.66. The van der Waals surface area contributed by atoms with E-state index in [-0.39, 0.29) is 12.5 Å². The maximum atomic E-state index is 12.6. The molecule has 1 saturated heterocycles. The standard InChI is InChI=1S/C25H29N5O3/c1-18-4-6-20(7-5-18)28-23-16-24(27-19(2)26-23)29-12-14-30(15-13-29)25(31)17-33-22-10-8-21(32-3)9-11-22/h4-11,16H,12-15,17H2,1-3H3,(H,26,27,28). The van der Waals surface area contributed by atoms with Gasteiger partial charge in [0.2, 0.25) is 0 Å². The molecule has 1 aliphatic rings. The number of carbonyl (C=O) groups is 1. The van der Waals surface area contributed by atoms with Gasteiger partial charge in [0, 0.05) is 37.9 Å². The molecule has 33 heavy (non-hydrogen) atoms. The Kier molecular flexibility index (Phi) is 6.92. The summed E-state index contributed by atoms with van der Waals surface area (Å²) in [6.45, 7) is 6.61. The second kappa shape index (κ2) is 10.2. The van der Waals surface area contributed by atoms with Crippen molar-refractivity contribution in [3.8, 4) is 11.5 Å². The van der Waals surface area contributed by atoms with Crippen LogP contribution >= 0.6 is 0 Å². The van der Waals surface area contributed by atoms with Crippen molar-refractivity contribution in [2.45, 2.75) is 13.8 Å². The van der Waals surface area contributed by atoms with Crippen molar-refractivity contribution in [1.29, 1.82) is 0 Å². The smallest absolute Gasteiger partial charge is 0.260 e. The summed E-state index contributed by atoms with van der Waals surface area (Å²) in [7, 11) is 1.61. The molecule has 8 heteroatoms. The molecule has 0 radical (unpaired) electrons. The predicted octanol–water partition coefficient (Wildman–Crippen LogP) is 3.57. The van der Waals surface area contributed by atoms with Crippen molar-refractivity contribution in [2.75, 3.05) is 50.1 Å². The summed E-state index contributed by atoms with van der Waals surface area (Å²) in [6.07, 6.45) is 0. The van der Waals surface area contributed by atoms with Crippen LogP contribution in [0.1, 0.15) is 11.4 Å². The van der Waals surface area contributed by atoms with E-state index < -0.39 is 0 Å². The predicted molar refractivity (Wildman–Crippen MR) is 129 cm³/mol. The zero-order valence-corrected chi connectivity index (χ0v) is 19.2. The van der Waals surface area contributed by atoms with Crippen molar-refractivity contribution >= 4 is 23.2 Å². The lowest BCUT2D eigenvalue weighted by atomic mass is 10.2. The van der Waals surface area contributed by atoms with Gasteiger partial charge >= 0.3 is 0 Å². The average Bonchev–Trinajstić information content (AvgIpc) is 2.84. The topological polar surface area (TPSA) is 79.8 Å². The molecule has 2 aromatic carbocycles. The van der Waals surface area contributed by atoms with Crippen LogP contribution in [0.4, 0.5) is 17.3 Å². The maximum absolute atomic E-state index is 12.6. The number of ether oxygens (including phenoxy) is 2. The molecule has 0 saturated carbocycles. The Bertz CT molecular complexity index is 1080. The van der Waals surface area contributed by atoms with Gasteiger partial charge in [-0.05, 0) is 50.2 Å². The monoisotopic (exact) mass is 447 g/mol. The van der Waals surface area contributed by atoms with E-state index >= 15 is 0 Å². The molecule has 0 bridgehead atoms. The van der Waals surface area contributed by atoms with E-state index in [4.69, 9.17) is 9.47 Å². The van der Waals surface area contributed by atoms with Gasteiger partial charge in [-0.15, -0.1) is 0 Å². The molecule has 0 unspecified atom stereocenters. The summed E-state index contributed by atoms with van der Waals surface area (Å²) in [4.78, 5) is 25.7. The van der Waals surface area contributed by atoms with Gasteiger partial charge in [0.05, 0.1) is 7.11 Å². The number of carbonyl (C=O) groups excluding carboxylic acids is 1. The van der Waals surface area contributed by atoms with Gasteiger partial charge in [-0.3, -0.25) is 4.79 Å². The van der Waals surface area contributed by atoms with Crippen molar-refractivity contribution in [1.82, 2.24) is 14.9 Å². The van der Waals surface area contributed by atoms with Crippen LogP contribution in [0.25, 0.3) is 0 Å². The van der Waals surface area contributed by atoms with E-state index in [9.17, 15) is 4.79 Å². The molecular weight excluding hydrogens is 418 g/mol. The lowest BCUT2D eigenvalue weighted by molar-refractivity contribution is -0.133. The number of benzene rings is 2. The summed E-state index contributed by atoms with van der Waals surface area (Å²) in [5.41, 5.74) is 2.19. The lowest BCUT2D eigenvalue weighted by Gasteiger charge is -2.35. The highest BCUT2D eigenvalue weighted by molar-refractivity contribution is 5.78. The van der Waals surface area contributed by atoms with Crippen LogP contribution in [-0.4, -0.2) is 60.7 Å². The Morgan fingerprint density at radius 2 is 1.61 bits per heavy atom. The Balaban J connectivity index is 1.31. The fraction of sp³-hybridized carbons (Fsp3) is 0.320. The number of anilines is 3. The van der Waals surface area contributed by atoms with Crippen LogP contribution in [0.3, 0.4) is 0 Å². The largest absolute Gasteiger partial charge is 0.497 e. The first-order valence-electron chi connectivity index (χ1n) is 11.0. The van der Waals surface area contributed by atoms with E-state index in [0.29, 0.717) is 37.8 Å². The normalized spacial score (nSPS) is 13.5. The molecule has 4 rings (SSSR count). The minimum absolute atomic E-state index is 0.0174. The average molecular weight is 448 g/mol. The molecule has 1 amide bonds. The first-order valence-corrected chi connectivity index (χ1v) is 11.0. The summed E-state index contributed by atoms with van der Waals surface area (Å²) >= 11 is 0. The van der Waals surface area contributed by atoms with E-state index in [0.717, 1.165) is 23.1 Å². The molecule has 172 valence electrons. The van der Waals surface area contributed by atoms with Gasteiger partial charge < -0.3 is 24.6 Å². The summed E-state index contributed by atoms with van der Waals surface area (Å²) < 4.78 is 10.8. The van der Waals surface area contributed by atoms with E-state index in [1.165, 1.54) is 5.56 Å². The third kappa shape index (κ3) is 5.91. The highest BCUT2D eigenvalue weighted by atomic mass is 16.5. The number of nitrogens with one attached hydrogen (secondary N) is 1. The van der Waals surface area contributed by atoms with Crippen molar-refractivity contribution in [3.05, 3.63) is 66.0 Å². The Labute approximate surface area is 194 Å². The first-order chi connectivity index (χ1) is 16.0. The third-order valence-corrected chi connectivity index (χ3v) is 5.53. The molecular formula is C25H29N5O3. The Morgan fingerprint density at radius 3 is 2.27 bits per heavy atom. The minimum atomic E-state index is -0.0222. The molecule has 1 aliphatic heterocycles. The summed E-state index contributed by atoms with van der Waals surface area (Å²) in [6, 6.07) is 17.4. The number of aryl methyl sites for hydroxylation is 2. The van der Waals surface area contributed by atoms with Crippen LogP contribution < -0.4 is 19.7 Å². The minimum Gasteiger partial charge on any atom is -0.497 e. The number of hydrogen-bond acceptors (Lipinski definition) is 7. The molecule has 0 atom stereocenters. The van der Waals surface area contributed by atoms with Crippen LogP contribution in [0.15, 0.2) is 54.6 Å². The van der Waals surface area contributed by atoms with Crippen molar-refractivity contribution in [2.24, 2.45) is 0 Å². The Hall–Kier alpha value is -3.81. The molecule has 2 heterocycles. The highest BCUT2D eigenvalue weighted by Gasteiger charge is 2.23. The third-order valence-electron chi connectivity index (χ3n) is 5.53. The SMILES string of the molecule is COc1ccc(OCC(=O)N2CCN(c3cc(Nc4ccc(C)cc4)nc(C)n3)CC2)cc1. The van der Waals surface area contributed by atoms with Gasteiger partial charge in [0.25, 0.3) is 5.91 Å². The zero-order chi connectivity index (χ0) is 23.2. The highest BCUT2D eigenvalue weighted by Crippen LogP contribution is 2.22. The van der Waals surface area contributed by atoms with Crippen LogP contribution in [0.2, 0.25) is 0 Å². The van der Waals surface area contributed by atoms with Crippen molar-refractivity contribution < 1.29 is 14.3 Å². The summed E-state index contributed by atoms with van der Waals surface area (Å²) in [5, 5.41) is 3.35. The zero-order valence-electron chi connectivity index (χ0n) is 19.2. The molecule has 3 aromatic rings. The molecule has 0 aliphatic carbocycles. The fourth-order valence-electron chi connectivity index (χ4n) is 3.66. The number of hydrogen-bond donors (Lipinski definition) is 1. The van der Waals surface area contributed by atoms with Crippen LogP contribution in [0, 0.1) is 13.8 Å². The number of amides is 1. The summed E-state index contributed by atoms with van der Waals surface area (Å²) in [5.74, 6) is 3.70. The second-order valence-corrected chi connectivity index (χ2v) is 7.98. The molecule has 1 N–H and O–H groups in total. The second-order valence-electron chi connectivity index (χ2n) is 7.98. The first kappa shape index (κ1) is 22.4. The molecule has 1 fully saturated rings. The van der Waals surface area contributed by atoms with Crippen LogP contribution in [0.5, 0.6) is 11.5 Å². The number of rotatable bonds is 7. The van der Waals surface area contributed by atoms with Gasteiger partial charge in [-0.1, -0.05) is 17.7 Å². The number of aromatic nitrogens is 2. The molecule has 0 spiro atoms. The number of methoxy groups -OCH3 is 1. The quantitative estimate of drug-likeness (QED) is 0.593. The molecule has 1 aromatic heterocycles. The van der Waals surface area contributed by atoms with E-state index in [1.807, 2.05) is 42.2 Å². The van der Waals surface area contributed by atoms with E-state index in [1.54, 1.807) is 19.2 Å². The van der Waals surface area contributed by atoms with Gasteiger partial charge in [0.15, 0.2) is 6.61 Å². The van der Waals surface area contributed by atoms with Gasteiger partial charge in [-0.25, -0.2) is 9.97 Å². The van der Waals surface area contributed by atoms with Crippen molar-refractivity contribution in [3.63, 3.8) is 0 Å². The van der Waals surface area contributed by atoms with E-state index in [2.05, 4.69) is 39.2 Å².